The number of nitriles is 1. The van der Waals surface area contributed by atoms with Gasteiger partial charge < -0.3 is 20.5 Å². The van der Waals surface area contributed by atoms with Gasteiger partial charge in [0.25, 0.3) is 11.9 Å². The maximum Gasteiger partial charge on any atom is 0.288 e. The standard InChI is InChI=1S/C20H17F2N5O3/c1-20(7-13(8-21)30-19(24)27-20)14-6-12(3-4-15(14)22)26-18(28)17-16(29-2)5-11(9-23)10-25-17/h3-7,10H,8H2,1-2H3,(H2,24,27)(H,26,28)/t20-/m0/s1. The summed E-state index contributed by atoms with van der Waals surface area (Å²) in [5, 5.41) is 11.5. The summed E-state index contributed by atoms with van der Waals surface area (Å²) in [6, 6.07) is 6.83. The second-order valence-electron chi connectivity index (χ2n) is 6.48. The van der Waals surface area contributed by atoms with E-state index in [4.69, 9.17) is 20.5 Å². The number of benzene rings is 1. The van der Waals surface area contributed by atoms with Gasteiger partial charge in [-0.25, -0.2) is 18.8 Å². The Morgan fingerprint density at radius 2 is 2.20 bits per heavy atom. The lowest BCUT2D eigenvalue weighted by atomic mass is 9.90. The molecule has 1 amide bonds. The molecule has 0 spiro atoms. The number of amidine groups is 1. The summed E-state index contributed by atoms with van der Waals surface area (Å²) in [6.07, 6.45) is 2.55. The Balaban J connectivity index is 1.95. The van der Waals surface area contributed by atoms with Crippen molar-refractivity contribution in [3.8, 4) is 11.8 Å². The minimum absolute atomic E-state index is 0.0530. The number of carbonyl (C=O) groups is 1. The van der Waals surface area contributed by atoms with Crippen LogP contribution in [-0.2, 0) is 10.3 Å². The first-order valence-corrected chi connectivity index (χ1v) is 8.66. The van der Waals surface area contributed by atoms with Crippen molar-refractivity contribution in [3.05, 3.63) is 64.9 Å². The van der Waals surface area contributed by atoms with E-state index in [0.717, 1.165) is 6.07 Å². The highest BCUT2D eigenvalue weighted by Crippen LogP contribution is 2.35. The third-order valence-corrected chi connectivity index (χ3v) is 4.34. The first-order valence-electron chi connectivity index (χ1n) is 8.66. The van der Waals surface area contributed by atoms with Crippen LogP contribution in [0.5, 0.6) is 5.75 Å². The molecule has 0 radical (unpaired) electrons. The van der Waals surface area contributed by atoms with Gasteiger partial charge in [0.1, 0.15) is 29.9 Å². The highest BCUT2D eigenvalue weighted by atomic mass is 19.1. The lowest BCUT2D eigenvalue weighted by Crippen LogP contribution is -2.31. The van der Waals surface area contributed by atoms with E-state index in [1.54, 1.807) is 0 Å². The number of nitrogens with one attached hydrogen (secondary N) is 1. The number of hydrogen-bond acceptors (Lipinski definition) is 7. The SMILES string of the molecule is COc1cc(C#N)cnc1C(=O)Nc1ccc(F)c([C@]2(C)C=C(CF)OC(N)=N2)c1. The molecule has 8 nitrogen and oxygen atoms in total. The third kappa shape index (κ3) is 4.05. The van der Waals surface area contributed by atoms with Gasteiger partial charge in [-0.05, 0) is 31.2 Å². The van der Waals surface area contributed by atoms with Crippen molar-refractivity contribution >= 4 is 17.6 Å². The van der Waals surface area contributed by atoms with Crippen LogP contribution in [0.2, 0.25) is 0 Å². The number of allylic oxidation sites excluding steroid dienone is 1. The van der Waals surface area contributed by atoms with Gasteiger partial charge in [0, 0.05) is 23.5 Å². The number of halogens is 2. The summed E-state index contributed by atoms with van der Waals surface area (Å²) in [4.78, 5) is 20.7. The number of nitrogens with zero attached hydrogens (tertiary/aromatic N) is 3. The maximum absolute atomic E-state index is 14.6. The molecule has 30 heavy (non-hydrogen) atoms. The number of pyridine rings is 1. The van der Waals surface area contributed by atoms with Crippen LogP contribution in [0.3, 0.4) is 0 Å². The minimum Gasteiger partial charge on any atom is -0.494 e. The van der Waals surface area contributed by atoms with E-state index < -0.39 is 23.9 Å². The lowest BCUT2D eigenvalue weighted by molar-refractivity contribution is 0.101. The molecule has 1 atom stereocenters. The summed E-state index contributed by atoms with van der Waals surface area (Å²) >= 11 is 0. The van der Waals surface area contributed by atoms with Gasteiger partial charge in [0.2, 0.25) is 0 Å². The molecule has 3 rings (SSSR count). The number of amides is 1. The number of anilines is 1. The van der Waals surface area contributed by atoms with Crippen LogP contribution in [0.1, 0.15) is 28.5 Å². The Morgan fingerprint density at radius 3 is 2.87 bits per heavy atom. The zero-order chi connectivity index (χ0) is 21.9. The van der Waals surface area contributed by atoms with Gasteiger partial charge >= 0.3 is 0 Å². The Kier molecular flexibility index (Phi) is 5.64. The predicted molar refractivity (Wildman–Crippen MR) is 104 cm³/mol. The van der Waals surface area contributed by atoms with E-state index in [1.165, 1.54) is 44.5 Å². The molecule has 1 aromatic heterocycles. The molecular weight excluding hydrogens is 396 g/mol. The lowest BCUT2D eigenvalue weighted by Gasteiger charge is -2.28. The van der Waals surface area contributed by atoms with Crippen LogP contribution in [0.15, 0.2) is 47.3 Å². The number of methoxy groups -OCH3 is 1. The Bertz CT molecular complexity index is 1110. The fourth-order valence-corrected chi connectivity index (χ4v) is 2.98. The molecular formula is C20H17F2N5O3. The zero-order valence-electron chi connectivity index (χ0n) is 16.1. The van der Waals surface area contributed by atoms with E-state index in [2.05, 4.69) is 15.3 Å². The molecule has 0 unspecified atom stereocenters. The molecule has 10 heteroatoms. The Labute approximate surface area is 170 Å². The Morgan fingerprint density at radius 1 is 1.43 bits per heavy atom. The van der Waals surface area contributed by atoms with Crippen LogP contribution in [0, 0.1) is 17.1 Å². The van der Waals surface area contributed by atoms with Crippen LogP contribution in [0.25, 0.3) is 0 Å². The van der Waals surface area contributed by atoms with Gasteiger partial charge in [0.15, 0.2) is 11.4 Å². The number of alkyl halides is 1. The van der Waals surface area contributed by atoms with Crippen molar-refractivity contribution < 1.29 is 23.0 Å². The normalized spacial score (nSPS) is 17.8. The smallest absolute Gasteiger partial charge is 0.288 e. The van der Waals surface area contributed by atoms with E-state index >= 15 is 0 Å². The number of carbonyl (C=O) groups excluding carboxylic acids is 1. The number of rotatable bonds is 5. The molecule has 154 valence electrons. The monoisotopic (exact) mass is 413 g/mol. The minimum atomic E-state index is -1.33. The average Bonchev–Trinajstić information content (AvgIpc) is 2.73. The summed E-state index contributed by atoms with van der Waals surface area (Å²) < 4.78 is 37.7. The van der Waals surface area contributed by atoms with Gasteiger partial charge in [0.05, 0.1) is 12.7 Å². The summed E-state index contributed by atoms with van der Waals surface area (Å²) in [6.45, 7) is 0.598. The maximum atomic E-state index is 14.6. The van der Waals surface area contributed by atoms with Crippen molar-refractivity contribution in [2.24, 2.45) is 10.7 Å². The molecule has 2 heterocycles. The van der Waals surface area contributed by atoms with Crippen molar-refractivity contribution in [2.45, 2.75) is 12.5 Å². The van der Waals surface area contributed by atoms with Gasteiger partial charge in [-0.3, -0.25) is 4.79 Å². The fraction of sp³-hybridized carbons (Fsp3) is 0.200. The molecule has 1 aromatic carbocycles. The summed E-state index contributed by atoms with van der Waals surface area (Å²) in [7, 11) is 1.34. The number of ether oxygens (including phenoxy) is 2. The van der Waals surface area contributed by atoms with Crippen LogP contribution < -0.4 is 15.8 Å². The van der Waals surface area contributed by atoms with Crippen molar-refractivity contribution in [2.75, 3.05) is 19.1 Å². The van der Waals surface area contributed by atoms with E-state index in [9.17, 15) is 13.6 Å². The number of hydrogen-bond donors (Lipinski definition) is 2. The molecule has 0 bridgehead atoms. The van der Waals surface area contributed by atoms with Crippen LogP contribution in [0.4, 0.5) is 14.5 Å². The quantitative estimate of drug-likeness (QED) is 0.777. The van der Waals surface area contributed by atoms with Crippen LogP contribution in [-0.4, -0.2) is 30.7 Å². The van der Waals surface area contributed by atoms with Gasteiger partial charge in [-0.2, -0.15) is 5.26 Å². The van der Waals surface area contributed by atoms with Crippen LogP contribution >= 0.6 is 0 Å². The first-order chi connectivity index (χ1) is 14.3. The van der Waals surface area contributed by atoms with Crippen molar-refractivity contribution in [3.63, 3.8) is 0 Å². The van der Waals surface area contributed by atoms with E-state index in [1.807, 2.05) is 6.07 Å². The summed E-state index contributed by atoms with van der Waals surface area (Å²) in [5.41, 5.74) is 4.73. The average molecular weight is 413 g/mol. The second kappa shape index (κ2) is 8.16. The van der Waals surface area contributed by atoms with E-state index in [0.29, 0.717) is 0 Å². The highest BCUT2D eigenvalue weighted by molar-refractivity contribution is 6.04. The molecule has 0 saturated carbocycles. The first kappa shape index (κ1) is 20.7. The fourth-order valence-electron chi connectivity index (χ4n) is 2.98. The number of nitrogens with two attached hydrogens (primary N) is 1. The number of aromatic nitrogens is 1. The molecule has 1 aliphatic heterocycles. The van der Waals surface area contributed by atoms with E-state index in [-0.39, 0.29) is 40.0 Å². The number of aliphatic imine (C=N–C) groups is 1. The third-order valence-electron chi connectivity index (χ3n) is 4.34. The molecule has 0 saturated heterocycles. The molecule has 1 aliphatic rings. The van der Waals surface area contributed by atoms with Gasteiger partial charge in [-0.1, -0.05) is 0 Å². The Hall–Kier alpha value is -4.00. The highest BCUT2D eigenvalue weighted by Gasteiger charge is 2.32. The summed E-state index contributed by atoms with van der Waals surface area (Å²) in [5.74, 6) is -1.24. The van der Waals surface area contributed by atoms with Crippen molar-refractivity contribution in [1.82, 2.24) is 4.98 Å². The zero-order valence-corrected chi connectivity index (χ0v) is 16.1. The molecule has 2 aromatic rings. The molecule has 0 fully saturated rings. The molecule has 0 aliphatic carbocycles. The topological polar surface area (TPSA) is 123 Å². The predicted octanol–water partition coefficient (Wildman–Crippen LogP) is 2.77. The van der Waals surface area contributed by atoms with Gasteiger partial charge in [-0.15, -0.1) is 0 Å². The molecule has 3 N–H and O–H groups in total. The van der Waals surface area contributed by atoms with Crippen molar-refractivity contribution in [1.29, 1.82) is 5.26 Å². The largest absolute Gasteiger partial charge is 0.494 e. The second-order valence-corrected chi connectivity index (χ2v) is 6.48.